The number of H-pyrrole nitrogens is 1. The molecule has 2 aliphatic rings. The molecule has 3 atom stereocenters. The molecule has 3 heterocycles. The highest BCUT2D eigenvalue weighted by atomic mass is 16.5. The molecule has 3 unspecified atom stereocenters. The van der Waals surface area contributed by atoms with E-state index in [0.29, 0.717) is 35.4 Å². The fraction of sp³-hybridized carbons (Fsp3) is 0.304. The van der Waals surface area contributed by atoms with Crippen molar-refractivity contribution in [3.05, 3.63) is 60.2 Å². The molecule has 6 rings (SSSR count). The molecule has 1 saturated heterocycles. The summed E-state index contributed by atoms with van der Waals surface area (Å²) in [6, 6.07) is 11.0. The van der Waals surface area contributed by atoms with Crippen LogP contribution in [0.2, 0.25) is 0 Å². The average molecular weight is 430 g/mol. The number of amides is 1. The lowest BCUT2D eigenvalue weighted by Crippen LogP contribution is -2.34. The maximum atomic E-state index is 13.8. The zero-order valence-corrected chi connectivity index (χ0v) is 17.7. The van der Waals surface area contributed by atoms with Crippen molar-refractivity contribution in [2.24, 2.45) is 11.8 Å². The number of methoxy groups -OCH3 is 2. The van der Waals surface area contributed by atoms with Gasteiger partial charge in [0.1, 0.15) is 17.3 Å². The number of hydrogen-bond donors (Lipinski definition) is 1. The molecule has 9 heteroatoms. The van der Waals surface area contributed by atoms with Crippen molar-refractivity contribution >= 4 is 16.9 Å². The Morgan fingerprint density at radius 3 is 2.59 bits per heavy atom. The summed E-state index contributed by atoms with van der Waals surface area (Å²) in [6.07, 6.45) is 4.30. The number of aromatic nitrogens is 5. The Kier molecular flexibility index (Phi) is 4.17. The molecule has 2 aromatic carbocycles. The van der Waals surface area contributed by atoms with Gasteiger partial charge in [0.05, 0.1) is 54.9 Å². The summed E-state index contributed by atoms with van der Waals surface area (Å²) >= 11 is 0. The number of fused-ring (bicyclic) bond motifs is 2. The Balaban J connectivity index is 1.40. The third-order valence-corrected chi connectivity index (χ3v) is 6.47. The lowest BCUT2D eigenvalue weighted by atomic mass is 10.1. The van der Waals surface area contributed by atoms with Crippen LogP contribution in [0.4, 0.5) is 0 Å². The number of benzene rings is 2. The van der Waals surface area contributed by atoms with Crippen LogP contribution in [0.15, 0.2) is 48.8 Å². The number of piperidine rings is 1. The van der Waals surface area contributed by atoms with Gasteiger partial charge in [0.25, 0.3) is 5.91 Å². The highest BCUT2D eigenvalue weighted by molar-refractivity contribution is 5.98. The van der Waals surface area contributed by atoms with Crippen LogP contribution in [0.1, 0.15) is 28.6 Å². The minimum atomic E-state index is -0.101. The summed E-state index contributed by atoms with van der Waals surface area (Å²) in [5.41, 5.74) is 2.89. The normalized spacial score (nSPS) is 21.6. The largest absolute Gasteiger partial charge is 0.497 e. The van der Waals surface area contributed by atoms with Crippen molar-refractivity contribution in [1.29, 1.82) is 0 Å². The van der Waals surface area contributed by atoms with Crippen LogP contribution in [-0.2, 0) is 0 Å². The molecule has 2 fully saturated rings. The molecule has 162 valence electrons. The topological polar surface area (TPSA) is 98.2 Å². The summed E-state index contributed by atoms with van der Waals surface area (Å²) in [6.45, 7) is 0.706. The molecule has 1 amide bonds. The van der Waals surface area contributed by atoms with E-state index >= 15 is 0 Å². The molecular formula is C23H22N6O3. The second kappa shape index (κ2) is 7.08. The van der Waals surface area contributed by atoms with Gasteiger partial charge in [0.15, 0.2) is 0 Å². The van der Waals surface area contributed by atoms with Gasteiger partial charge in [-0.15, -0.1) is 0 Å². The molecule has 1 N–H and O–H groups in total. The molecule has 0 spiro atoms. The van der Waals surface area contributed by atoms with E-state index in [0.717, 1.165) is 29.0 Å². The van der Waals surface area contributed by atoms with Crippen molar-refractivity contribution in [2.45, 2.75) is 12.5 Å². The summed E-state index contributed by atoms with van der Waals surface area (Å²) in [4.78, 5) is 25.5. The Hall–Kier alpha value is -3.88. The number of nitrogens with zero attached hydrogens (tertiary/aromatic N) is 5. The van der Waals surface area contributed by atoms with E-state index < -0.39 is 0 Å². The molecule has 4 aromatic rings. The number of imidazole rings is 1. The number of ether oxygens (including phenoxy) is 2. The van der Waals surface area contributed by atoms with Crippen molar-refractivity contribution in [3.8, 4) is 17.2 Å². The first-order valence-corrected chi connectivity index (χ1v) is 10.6. The van der Waals surface area contributed by atoms with Gasteiger partial charge in [0.2, 0.25) is 0 Å². The van der Waals surface area contributed by atoms with E-state index in [1.54, 1.807) is 38.7 Å². The minimum Gasteiger partial charge on any atom is -0.497 e. The Labute approximate surface area is 184 Å². The van der Waals surface area contributed by atoms with E-state index in [2.05, 4.69) is 15.2 Å². The number of nitrogens with one attached hydrogen (secondary N) is 1. The molecule has 2 aromatic heterocycles. The predicted molar refractivity (Wildman–Crippen MR) is 116 cm³/mol. The van der Waals surface area contributed by atoms with Gasteiger partial charge in [-0.25, -0.2) is 4.98 Å². The van der Waals surface area contributed by atoms with Crippen molar-refractivity contribution in [1.82, 2.24) is 29.9 Å². The van der Waals surface area contributed by atoms with Gasteiger partial charge < -0.3 is 19.4 Å². The van der Waals surface area contributed by atoms with Gasteiger partial charge in [0, 0.05) is 12.6 Å². The summed E-state index contributed by atoms with van der Waals surface area (Å²) in [5, 5.41) is 8.44. The van der Waals surface area contributed by atoms with Gasteiger partial charge in [-0.1, -0.05) is 0 Å². The lowest BCUT2D eigenvalue weighted by Gasteiger charge is -2.27. The van der Waals surface area contributed by atoms with E-state index in [1.165, 1.54) is 4.80 Å². The smallest absolute Gasteiger partial charge is 0.256 e. The van der Waals surface area contributed by atoms with Crippen LogP contribution in [0.25, 0.3) is 16.7 Å². The molecule has 0 radical (unpaired) electrons. The van der Waals surface area contributed by atoms with Crippen molar-refractivity contribution in [2.75, 3.05) is 20.8 Å². The highest BCUT2D eigenvalue weighted by Crippen LogP contribution is 2.56. The molecular weight excluding hydrogens is 408 g/mol. The van der Waals surface area contributed by atoms with Gasteiger partial charge in [-0.3, -0.25) is 4.79 Å². The van der Waals surface area contributed by atoms with Crippen LogP contribution in [-0.4, -0.2) is 56.5 Å². The number of rotatable bonds is 5. The lowest BCUT2D eigenvalue weighted by molar-refractivity contribution is 0.0698. The first-order chi connectivity index (χ1) is 15.7. The summed E-state index contributed by atoms with van der Waals surface area (Å²) in [7, 11) is 3.23. The number of hydrogen-bond acceptors (Lipinski definition) is 6. The van der Waals surface area contributed by atoms with Gasteiger partial charge >= 0.3 is 0 Å². The first-order valence-electron chi connectivity index (χ1n) is 10.6. The number of aromatic amines is 1. The molecule has 1 aliphatic heterocycles. The monoisotopic (exact) mass is 430 g/mol. The summed E-state index contributed by atoms with van der Waals surface area (Å²) < 4.78 is 10.7. The fourth-order valence-electron chi connectivity index (χ4n) is 4.78. The number of carbonyl (C=O) groups is 1. The van der Waals surface area contributed by atoms with Crippen LogP contribution in [0.5, 0.6) is 11.5 Å². The first kappa shape index (κ1) is 18.9. The van der Waals surface area contributed by atoms with E-state index in [-0.39, 0.29) is 11.9 Å². The molecule has 9 nitrogen and oxygen atoms in total. The van der Waals surface area contributed by atoms with Crippen LogP contribution in [0.3, 0.4) is 0 Å². The maximum Gasteiger partial charge on any atom is 0.256 e. The second-order valence-corrected chi connectivity index (χ2v) is 8.27. The SMILES string of the molecule is COc1ccc(-n2nccn2)c(C(=O)N2CC3CC3C2c2nc3cc(OC)ccc3[nH]2)c1. The molecule has 1 aliphatic carbocycles. The Morgan fingerprint density at radius 1 is 1.06 bits per heavy atom. The van der Waals surface area contributed by atoms with Crippen LogP contribution >= 0.6 is 0 Å². The standard InChI is InChI=1S/C23H22N6O3/c1-31-14-4-6-20(29-24-7-8-25-29)17(10-14)23(30)28-12-13-9-16(13)21(28)22-26-18-5-3-15(32-2)11-19(18)27-22/h3-8,10-11,13,16,21H,9,12H2,1-2H3,(H,26,27). The van der Waals surface area contributed by atoms with E-state index in [1.807, 2.05) is 29.2 Å². The minimum absolute atomic E-state index is 0.0774. The number of likely N-dealkylation sites (tertiary alicyclic amines) is 1. The van der Waals surface area contributed by atoms with Crippen molar-refractivity contribution < 1.29 is 14.3 Å². The fourth-order valence-corrected chi connectivity index (χ4v) is 4.78. The Bertz CT molecular complexity index is 1310. The third-order valence-electron chi connectivity index (χ3n) is 6.47. The van der Waals surface area contributed by atoms with Gasteiger partial charge in [-0.05, 0) is 48.6 Å². The van der Waals surface area contributed by atoms with Gasteiger partial charge in [-0.2, -0.15) is 15.0 Å². The average Bonchev–Trinajstić information content (AvgIpc) is 3.22. The maximum absolute atomic E-state index is 13.8. The molecule has 0 bridgehead atoms. The predicted octanol–water partition coefficient (Wildman–Crippen LogP) is 2.99. The number of carbonyl (C=O) groups excluding carboxylic acids is 1. The quantitative estimate of drug-likeness (QED) is 0.523. The summed E-state index contributed by atoms with van der Waals surface area (Å²) in [5.74, 6) is 3.02. The van der Waals surface area contributed by atoms with Crippen LogP contribution < -0.4 is 9.47 Å². The third kappa shape index (κ3) is 2.92. The molecule has 32 heavy (non-hydrogen) atoms. The Morgan fingerprint density at radius 2 is 1.81 bits per heavy atom. The second-order valence-electron chi connectivity index (χ2n) is 8.27. The zero-order chi connectivity index (χ0) is 21.8. The van der Waals surface area contributed by atoms with E-state index in [4.69, 9.17) is 14.5 Å². The molecule has 1 saturated carbocycles. The highest BCUT2D eigenvalue weighted by Gasteiger charge is 2.55. The van der Waals surface area contributed by atoms with E-state index in [9.17, 15) is 4.79 Å². The van der Waals surface area contributed by atoms with Crippen molar-refractivity contribution in [3.63, 3.8) is 0 Å². The zero-order valence-electron chi connectivity index (χ0n) is 17.7. The van der Waals surface area contributed by atoms with Crippen LogP contribution in [0, 0.1) is 11.8 Å².